The van der Waals surface area contributed by atoms with Gasteiger partial charge in [-0.1, -0.05) is 42.0 Å². The van der Waals surface area contributed by atoms with Gasteiger partial charge in [0.15, 0.2) is 6.61 Å². The molecule has 5 heteroatoms. The number of hydrogen-bond acceptors (Lipinski definition) is 3. The molecule has 26 heavy (non-hydrogen) atoms. The van der Waals surface area contributed by atoms with Crippen LogP contribution in [0.15, 0.2) is 48.5 Å². The summed E-state index contributed by atoms with van der Waals surface area (Å²) in [5, 5.41) is 6.30. The molecule has 2 rings (SSSR count). The van der Waals surface area contributed by atoms with Gasteiger partial charge in [0.25, 0.3) is 5.91 Å². The van der Waals surface area contributed by atoms with E-state index in [9.17, 15) is 4.79 Å². The van der Waals surface area contributed by atoms with Crippen LogP contribution in [0.2, 0.25) is 0 Å². The van der Waals surface area contributed by atoms with Gasteiger partial charge in [0, 0.05) is 18.6 Å². The fraction of sp³-hybridized carbons (Fsp3) is 0.381. The van der Waals surface area contributed by atoms with Crippen molar-refractivity contribution in [1.29, 1.82) is 0 Å². The molecule has 1 amide bonds. The maximum atomic E-state index is 11.7. The van der Waals surface area contributed by atoms with Crippen molar-refractivity contribution >= 4 is 18.3 Å². The van der Waals surface area contributed by atoms with Crippen LogP contribution >= 0.6 is 12.4 Å². The number of halogens is 1. The quantitative estimate of drug-likeness (QED) is 0.767. The van der Waals surface area contributed by atoms with Crippen LogP contribution in [0.4, 0.5) is 0 Å². The maximum Gasteiger partial charge on any atom is 0.258 e. The van der Waals surface area contributed by atoms with E-state index >= 15 is 0 Å². The van der Waals surface area contributed by atoms with Crippen LogP contribution in [0, 0.1) is 6.92 Å². The molecular weight excluding hydrogens is 348 g/mol. The Morgan fingerprint density at radius 1 is 0.923 bits per heavy atom. The van der Waals surface area contributed by atoms with E-state index in [1.54, 1.807) is 0 Å². The van der Waals surface area contributed by atoms with Crippen molar-refractivity contribution in [2.24, 2.45) is 0 Å². The Labute approximate surface area is 162 Å². The maximum absolute atomic E-state index is 11.7. The molecule has 0 fully saturated rings. The molecule has 0 aliphatic rings. The molecule has 0 bridgehead atoms. The molecule has 0 heterocycles. The van der Waals surface area contributed by atoms with Crippen molar-refractivity contribution < 1.29 is 9.53 Å². The van der Waals surface area contributed by atoms with Gasteiger partial charge in [-0.25, -0.2) is 0 Å². The Bertz CT molecular complexity index is 677. The highest BCUT2D eigenvalue weighted by Gasteiger charge is 2.13. The molecule has 0 aliphatic heterocycles. The zero-order valence-electron chi connectivity index (χ0n) is 16.0. The molecule has 0 saturated heterocycles. The largest absolute Gasteiger partial charge is 0.484 e. The lowest BCUT2D eigenvalue weighted by atomic mass is 10.1. The molecule has 4 nitrogen and oxygen atoms in total. The molecule has 0 aromatic heterocycles. The van der Waals surface area contributed by atoms with Gasteiger partial charge in [-0.3, -0.25) is 4.79 Å². The molecular formula is C21H29ClN2O2. The van der Waals surface area contributed by atoms with Gasteiger partial charge in [-0.15, -0.1) is 12.4 Å². The van der Waals surface area contributed by atoms with Crippen LogP contribution in [0.25, 0.3) is 0 Å². The average molecular weight is 377 g/mol. The average Bonchev–Trinajstić information content (AvgIpc) is 2.54. The van der Waals surface area contributed by atoms with Gasteiger partial charge < -0.3 is 15.4 Å². The van der Waals surface area contributed by atoms with Gasteiger partial charge in [0.05, 0.1) is 0 Å². The third-order valence-corrected chi connectivity index (χ3v) is 3.59. The molecule has 2 N–H and O–H groups in total. The fourth-order valence-corrected chi connectivity index (χ4v) is 2.36. The lowest BCUT2D eigenvalue weighted by Crippen LogP contribution is -2.43. The second-order valence-electron chi connectivity index (χ2n) is 7.32. The molecule has 0 unspecified atom stereocenters. The topological polar surface area (TPSA) is 50.4 Å². The Kier molecular flexibility index (Phi) is 8.62. The summed E-state index contributed by atoms with van der Waals surface area (Å²) in [5.74, 6) is 0.586. The standard InChI is InChI=1S/C21H28N2O2.ClH/c1-16-5-7-17(8-6-16)13-22-14-18-9-11-19(12-10-18)25-15-20(24)23-21(2,3)4;/h5-12,22H,13-15H2,1-4H3,(H,23,24);1H. The minimum Gasteiger partial charge on any atom is -0.484 e. The summed E-state index contributed by atoms with van der Waals surface area (Å²) in [5.41, 5.74) is 3.48. The Morgan fingerprint density at radius 3 is 1.92 bits per heavy atom. The van der Waals surface area contributed by atoms with E-state index in [1.807, 2.05) is 45.0 Å². The van der Waals surface area contributed by atoms with E-state index in [1.165, 1.54) is 16.7 Å². The Hall–Kier alpha value is -2.04. The molecule has 0 saturated carbocycles. The number of aryl methyl sites for hydroxylation is 1. The molecule has 0 atom stereocenters. The summed E-state index contributed by atoms with van der Waals surface area (Å²) in [6.45, 7) is 9.59. The smallest absolute Gasteiger partial charge is 0.258 e. The van der Waals surface area contributed by atoms with Crippen molar-refractivity contribution in [2.75, 3.05) is 6.61 Å². The minimum absolute atomic E-state index is 0. The monoisotopic (exact) mass is 376 g/mol. The summed E-state index contributed by atoms with van der Waals surface area (Å²) in [4.78, 5) is 11.7. The second kappa shape index (κ2) is 10.2. The van der Waals surface area contributed by atoms with Gasteiger partial charge in [-0.05, 0) is 51.0 Å². The van der Waals surface area contributed by atoms with Gasteiger partial charge in [0.1, 0.15) is 5.75 Å². The van der Waals surface area contributed by atoms with E-state index in [-0.39, 0.29) is 30.5 Å². The van der Waals surface area contributed by atoms with Crippen LogP contribution in [-0.2, 0) is 17.9 Å². The Balaban J connectivity index is 0.00000338. The number of rotatable bonds is 7. The normalized spacial score (nSPS) is 10.8. The highest BCUT2D eigenvalue weighted by molar-refractivity contribution is 5.85. The first-order valence-electron chi connectivity index (χ1n) is 8.61. The van der Waals surface area contributed by atoms with Crippen molar-refractivity contribution in [2.45, 2.75) is 46.3 Å². The molecule has 2 aromatic rings. The molecule has 0 radical (unpaired) electrons. The summed E-state index contributed by atoms with van der Waals surface area (Å²) in [7, 11) is 0. The zero-order valence-corrected chi connectivity index (χ0v) is 16.8. The first-order valence-corrected chi connectivity index (χ1v) is 8.61. The molecule has 2 aromatic carbocycles. The van der Waals surface area contributed by atoms with Gasteiger partial charge in [0.2, 0.25) is 0 Å². The summed E-state index contributed by atoms with van der Waals surface area (Å²) in [6, 6.07) is 16.3. The van der Waals surface area contributed by atoms with Crippen molar-refractivity contribution in [3.8, 4) is 5.75 Å². The number of ether oxygens (including phenoxy) is 1. The number of hydrogen-bond donors (Lipinski definition) is 2. The van der Waals surface area contributed by atoms with Crippen LogP contribution in [0.3, 0.4) is 0 Å². The van der Waals surface area contributed by atoms with Gasteiger partial charge in [-0.2, -0.15) is 0 Å². The minimum atomic E-state index is -0.243. The number of carbonyl (C=O) groups excluding carboxylic acids is 1. The predicted octanol–water partition coefficient (Wildman–Crippen LogP) is 4.00. The van der Waals surface area contributed by atoms with Crippen molar-refractivity contribution in [1.82, 2.24) is 10.6 Å². The third kappa shape index (κ3) is 8.37. The predicted molar refractivity (Wildman–Crippen MR) is 109 cm³/mol. The van der Waals surface area contributed by atoms with Gasteiger partial charge >= 0.3 is 0 Å². The van der Waals surface area contributed by atoms with Crippen LogP contribution in [0.1, 0.15) is 37.5 Å². The van der Waals surface area contributed by atoms with Crippen LogP contribution < -0.4 is 15.4 Å². The number of nitrogens with one attached hydrogen (secondary N) is 2. The van der Waals surface area contributed by atoms with E-state index in [0.29, 0.717) is 5.75 Å². The number of benzene rings is 2. The van der Waals surface area contributed by atoms with Crippen molar-refractivity contribution in [3.05, 3.63) is 65.2 Å². The number of carbonyl (C=O) groups is 1. The molecule has 142 valence electrons. The van der Waals surface area contributed by atoms with E-state index < -0.39 is 0 Å². The van der Waals surface area contributed by atoms with E-state index in [0.717, 1.165) is 13.1 Å². The Morgan fingerprint density at radius 2 is 1.42 bits per heavy atom. The first-order chi connectivity index (χ1) is 11.8. The summed E-state index contributed by atoms with van der Waals surface area (Å²) >= 11 is 0. The van der Waals surface area contributed by atoms with E-state index in [4.69, 9.17) is 4.74 Å². The fourth-order valence-electron chi connectivity index (χ4n) is 2.36. The first kappa shape index (κ1) is 22.0. The number of amides is 1. The highest BCUT2D eigenvalue weighted by atomic mass is 35.5. The summed E-state index contributed by atoms with van der Waals surface area (Å²) in [6.07, 6.45) is 0. The SMILES string of the molecule is Cc1ccc(CNCc2ccc(OCC(=O)NC(C)(C)C)cc2)cc1.Cl. The lowest BCUT2D eigenvalue weighted by Gasteiger charge is -2.20. The molecule has 0 spiro atoms. The van der Waals surface area contributed by atoms with Crippen LogP contribution in [-0.4, -0.2) is 18.1 Å². The zero-order chi connectivity index (χ0) is 18.3. The molecule has 0 aliphatic carbocycles. The van der Waals surface area contributed by atoms with Crippen molar-refractivity contribution in [3.63, 3.8) is 0 Å². The highest BCUT2D eigenvalue weighted by Crippen LogP contribution is 2.12. The third-order valence-electron chi connectivity index (χ3n) is 3.59. The lowest BCUT2D eigenvalue weighted by molar-refractivity contribution is -0.124. The van der Waals surface area contributed by atoms with E-state index in [2.05, 4.69) is 41.8 Å². The second-order valence-corrected chi connectivity index (χ2v) is 7.32. The summed E-state index contributed by atoms with van der Waals surface area (Å²) < 4.78 is 5.52. The van der Waals surface area contributed by atoms with Crippen LogP contribution in [0.5, 0.6) is 5.75 Å².